The fourth-order valence-corrected chi connectivity index (χ4v) is 3.60. The number of hydrogen-bond acceptors (Lipinski definition) is 1. The first-order chi connectivity index (χ1) is 7.73. The van der Waals surface area contributed by atoms with Crippen LogP contribution in [-0.4, -0.2) is 22.9 Å². The second-order valence-electron chi connectivity index (χ2n) is 5.65. The van der Waals surface area contributed by atoms with Crippen molar-refractivity contribution in [2.45, 2.75) is 25.8 Å². The molecule has 16 heavy (non-hydrogen) atoms. The van der Waals surface area contributed by atoms with Crippen LogP contribution in [0, 0.1) is 11.8 Å². The first-order valence-corrected chi connectivity index (χ1v) is 6.36. The number of nitrogens with zero attached hydrogens (tertiary/aromatic N) is 1. The van der Waals surface area contributed by atoms with Crippen LogP contribution in [0.3, 0.4) is 0 Å². The van der Waals surface area contributed by atoms with Gasteiger partial charge in [-0.15, -0.1) is 0 Å². The Bertz CT molecular complexity index is 350. The highest BCUT2D eigenvalue weighted by Crippen LogP contribution is 2.39. The Kier molecular flexibility index (Phi) is 2.49. The third-order valence-electron chi connectivity index (χ3n) is 4.17. The first kappa shape index (κ1) is 10.3. The fourth-order valence-electron chi connectivity index (χ4n) is 3.60. The van der Waals surface area contributed by atoms with Crippen LogP contribution in [0.4, 0.5) is 0 Å². The molecule has 0 aromatic heterocycles. The van der Waals surface area contributed by atoms with Gasteiger partial charge in [0.05, 0.1) is 0 Å². The van der Waals surface area contributed by atoms with Crippen LogP contribution in [-0.2, 0) is 6.54 Å². The van der Waals surface area contributed by atoms with Crippen molar-refractivity contribution in [2.24, 2.45) is 11.8 Å². The molecule has 2 heteroatoms. The van der Waals surface area contributed by atoms with Gasteiger partial charge in [-0.05, 0) is 19.3 Å². The smallest absolute Gasteiger partial charge is 0.134 e. The Morgan fingerprint density at radius 1 is 1.06 bits per heavy atom. The van der Waals surface area contributed by atoms with Gasteiger partial charge >= 0.3 is 0 Å². The lowest BCUT2D eigenvalue weighted by Crippen LogP contribution is -2.51. The van der Waals surface area contributed by atoms with Gasteiger partial charge in [0.25, 0.3) is 0 Å². The number of likely N-dealkylation sites (tertiary alicyclic amines) is 1. The average molecular weight is 218 g/mol. The lowest BCUT2D eigenvalue weighted by atomic mass is 9.98. The molecule has 1 heterocycles. The van der Waals surface area contributed by atoms with Gasteiger partial charge in [0.15, 0.2) is 0 Å². The molecule has 86 valence electrons. The molecule has 2 aliphatic rings. The Labute approximate surface area is 97.1 Å². The molecule has 2 bridgehead atoms. The van der Waals surface area contributed by atoms with Crippen LogP contribution in [0.2, 0.25) is 0 Å². The van der Waals surface area contributed by atoms with Gasteiger partial charge in [-0.1, -0.05) is 30.3 Å². The molecule has 1 aromatic carbocycles. The number of benzene rings is 1. The molecule has 0 radical (unpaired) electrons. The van der Waals surface area contributed by atoms with E-state index < -0.39 is 0 Å². The van der Waals surface area contributed by atoms with Crippen LogP contribution in [0.5, 0.6) is 0 Å². The van der Waals surface area contributed by atoms with Gasteiger partial charge in [-0.25, -0.2) is 5.21 Å². The van der Waals surface area contributed by atoms with E-state index in [-0.39, 0.29) is 4.65 Å². The summed E-state index contributed by atoms with van der Waals surface area (Å²) in [5, 5.41) is 10.6. The molecule has 1 N–H and O–H groups in total. The molecule has 1 aromatic rings. The lowest BCUT2D eigenvalue weighted by Gasteiger charge is -2.37. The number of piperidine rings is 1. The molecule has 0 amide bonds. The van der Waals surface area contributed by atoms with E-state index in [1.165, 1.54) is 24.8 Å². The van der Waals surface area contributed by atoms with Crippen molar-refractivity contribution >= 4 is 0 Å². The van der Waals surface area contributed by atoms with Crippen molar-refractivity contribution in [3.8, 4) is 0 Å². The molecule has 1 aliphatic carbocycles. The van der Waals surface area contributed by atoms with E-state index in [1.54, 1.807) is 0 Å². The van der Waals surface area contributed by atoms with Gasteiger partial charge < -0.3 is 0 Å². The number of hydrogen-bond donors (Lipinski definition) is 1. The quantitative estimate of drug-likeness (QED) is 0.757. The van der Waals surface area contributed by atoms with Crippen LogP contribution in [0.15, 0.2) is 30.3 Å². The van der Waals surface area contributed by atoms with Crippen molar-refractivity contribution in [2.75, 3.05) is 13.1 Å². The molecule has 1 saturated heterocycles. The van der Waals surface area contributed by atoms with Crippen molar-refractivity contribution in [1.29, 1.82) is 0 Å². The third-order valence-corrected chi connectivity index (χ3v) is 4.17. The summed E-state index contributed by atoms with van der Waals surface area (Å²) in [5.41, 5.74) is 1.26. The Hall–Kier alpha value is -0.860. The van der Waals surface area contributed by atoms with E-state index in [2.05, 4.69) is 24.3 Å². The zero-order valence-electron chi connectivity index (χ0n) is 9.68. The summed E-state index contributed by atoms with van der Waals surface area (Å²) in [6, 6.07) is 10.4. The molecule has 2 nitrogen and oxygen atoms in total. The minimum absolute atomic E-state index is 0.277. The van der Waals surface area contributed by atoms with Crippen molar-refractivity contribution in [1.82, 2.24) is 0 Å². The Morgan fingerprint density at radius 3 is 2.31 bits per heavy atom. The highest BCUT2D eigenvalue weighted by atomic mass is 16.5. The van der Waals surface area contributed by atoms with Gasteiger partial charge in [0.2, 0.25) is 0 Å². The molecule has 3 rings (SSSR count). The van der Waals surface area contributed by atoms with Gasteiger partial charge in [0.1, 0.15) is 19.6 Å². The average Bonchev–Trinajstić information content (AvgIpc) is 2.59. The molecular formula is C14H20NO+. The molecule has 1 aliphatic heterocycles. The first-order valence-electron chi connectivity index (χ1n) is 6.36. The minimum atomic E-state index is 0.277. The van der Waals surface area contributed by atoms with Crippen molar-refractivity contribution in [3.05, 3.63) is 35.9 Å². The summed E-state index contributed by atoms with van der Waals surface area (Å²) >= 11 is 0. The number of rotatable bonds is 2. The molecule has 0 spiro atoms. The van der Waals surface area contributed by atoms with E-state index >= 15 is 0 Å². The topological polar surface area (TPSA) is 20.2 Å². The van der Waals surface area contributed by atoms with Crippen molar-refractivity contribution in [3.63, 3.8) is 0 Å². The summed E-state index contributed by atoms with van der Waals surface area (Å²) in [7, 11) is 0. The van der Waals surface area contributed by atoms with Crippen LogP contribution in [0.25, 0.3) is 0 Å². The maximum atomic E-state index is 10.6. The van der Waals surface area contributed by atoms with E-state index in [1.807, 2.05) is 6.07 Å². The molecule has 1 saturated carbocycles. The molecule has 2 fully saturated rings. The monoisotopic (exact) mass is 218 g/mol. The summed E-state index contributed by atoms with van der Waals surface area (Å²) in [6.45, 7) is 2.71. The summed E-state index contributed by atoms with van der Waals surface area (Å²) in [6.07, 6.45) is 4.02. The van der Waals surface area contributed by atoms with E-state index in [4.69, 9.17) is 0 Å². The predicted molar refractivity (Wildman–Crippen MR) is 62.8 cm³/mol. The summed E-state index contributed by atoms with van der Waals surface area (Å²) in [5.74, 6) is 1.54. The number of quaternary nitrogens is 1. The summed E-state index contributed by atoms with van der Waals surface area (Å²) in [4.78, 5) is 0. The second-order valence-corrected chi connectivity index (χ2v) is 5.65. The SMILES string of the molecule is O[N+]1(Cc2ccccc2)CC2CCC(C2)C1. The fraction of sp³-hybridized carbons (Fsp3) is 0.571. The van der Waals surface area contributed by atoms with E-state index in [0.717, 1.165) is 31.5 Å². The van der Waals surface area contributed by atoms with E-state index in [9.17, 15) is 5.21 Å². The standard InChI is InChI=1S/C14H20NO/c16-15(9-12-4-2-1-3-5-12)10-13-6-7-14(8-13)11-15/h1-5,13-14,16H,6-11H2/q+1. The zero-order valence-corrected chi connectivity index (χ0v) is 9.68. The normalized spacial score (nSPS) is 37.6. The Balaban J connectivity index is 1.74. The molecule has 2 atom stereocenters. The maximum absolute atomic E-state index is 10.6. The number of fused-ring (bicyclic) bond motifs is 2. The van der Waals surface area contributed by atoms with Crippen LogP contribution in [0.1, 0.15) is 24.8 Å². The lowest BCUT2D eigenvalue weighted by molar-refractivity contribution is -1.12. The van der Waals surface area contributed by atoms with Gasteiger partial charge in [0, 0.05) is 17.4 Å². The maximum Gasteiger partial charge on any atom is 0.134 e. The van der Waals surface area contributed by atoms with Crippen LogP contribution >= 0.6 is 0 Å². The highest BCUT2D eigenvalue weighted by Gasteiger charge is 2.43. The van der Waals surface area contributed by atoms with Crippen molar-refractivity contribution < 1.29 is 9.85 Å². The minimum Gasteiger partial charge on any atom is -0.217 e. The second kappa shape index (κ2) is 3.86. The van der Waals surface area contributed by atoms with Gasteiger partial charge in [-0.2, -0.15) is 4.65 Å². The molecular weight excluding hydrogens is 198 g/mol. The van der Waals surface area contributed by atoms with Gasteiger partial charge in [-0.3, -0.25) is 0 Å². The zero-order chi connectivity index (χ0) is 11.0. The highest BCUT2D eigenvalue weighted by molar-refractivity contribution is 5.13. The predicted octanol–water partition coefficient (Wildman–Crippen LogP) is 2.82. The van der Waals surface area contributed by atoms with E-state index in [0.29, 0.717) is 0 Å². The number of hydroxylamine groups is 3. The summed E-state index contributed by atoms with van der Waals surface area (Å²) < 4.78 is 0.277. The Morgan fingerprint density at radius 2 is 1.69 bits per heavy atom. The largest absolute Gasteiger partial charge is 0.217 e. The third kappa shape index (κ3) is 2.00. The molecule has 2 unspecified atom stereocenters. The van der Waals surface area contributed by atoms with Crippen LogP contribution < -0.4 is 0 Å².